The summed E-state index contributed by atoms with van der Waals surface area (Å²) in [7, 11) is 0. The number of aromatic amines is 1. The number of halogens is 4. The number of anilines is 1. The van der Waals surface area contributed by atoms with E-state index in [4.69, 9.17) is 0 Å². The van der Waals surface area contributed by atoms with Crippen molar-refractivity contribution in [2.45, 2.75) is 57.4 Å². The van der Waals surface area contributed by atoms with E-state index in [9.17, 15) is 17.6 Å². The molecule has 9 heteroatoms. The summed E-state index contributed by atoms with van der Waals surface area (Å²) < 4.78 is 53.4. The van der Waals surface area contributed by atoms with Crippen molar-refractivity contribution in [3.05, 3.63) is 59.0 Å². The van der Waals surface area contributed by atoms with Crippen LogP contribution < -0.4 is 5.32 Å². The summed E-state index contributed by atoms with van der Waals surface area (Å²) in [5, 5.41) is 4.55. The van der Waals surface area contributed by atoms with Gasteiger partial charge in [-0.3, -0.25) is 14.3 Å². The van der Waals surface area contributed by atoms with Gasteiger partial charge in [-0.15, -0.1) is 0 Å². The molecular formula is C27H33F4N5. The first-order valence-electron chi connectivity index (χ1n) is 12.7. The monoisotopic (exact) mass is 503 g/mol. The van der Waals surface area contributed by atoms with Crippen molar-refractivity contribution in [2.24, 2.45) is 0 Å². The predicted octanol–water partition coefficient (Wildman–Crippen LogP) is 5.62. The number of nitrogens with one attached hydrogen (secondary N) is 2. The molecule has 194 valence electrons. The van der Waals surface area contributed by atoms with Gasteiger partial charge < -0.3 is 15.2 Å². The number of hydrogen-bond donors (Lipinski definition) is 2. The Balaban J connectivity index is 1.43. The van der Waals surface area contributed by atoms with Crippen LogP contribution in [0.4, 0.5) is 23.2 Å². The van der Waals surface area contributed by atoms with Crippen LogP contribution in [0.25, 0.3) is 10.9 Å². The van der Waals surface area contributed by atoms with Crippen LogP contribution in [-0.4, -0.2) is 70.9 Å². The van der Waals surface area contributed by atoms with Gasteiger partial charge in [0.15, 0.2) is 0 Å². The highest BCUT2D eigenvalue weighted by molar-refractivity contribution is 5.86. The minimum Gasteiger partial charge on any atom is -0.380 e. The second kappa shape index (κ2) is 10.0. The first-order valence-corrected chi connectivity index (χ1v) is 12.7. The Morgan fingerprint density at radius 1 is 1.19 bits per heavy atom. The normalized spacial score (nSPS) is 23.3. The Hall–Kier alpha value is -2.65. The first-order chi connectivity index (χ1) is 17.2. The van der Waals surface area contributed by atoms with Crippen LogP contribution in [-0.2, 0) is 6.42 Å². The molecule has 36 heavy (non-hydrogen) atoms. The van der Waals surface area contributed by atoms with Crippen LogP contribution in [0.15, 0.2) is 36.5 Å². The molecule has 0 bridgehead atoms. The molecule has 1 fully saturated rings. The van der Waals surface area contributed by atoms with Crippen molar-refractivity contribution in [3.63, 3.8) is 0 Å². The minimum absolute atomic E-state index is 0.247. The van der Waals surface area contributed by atoms with Crippen LogP contribution in [0.1, 0.15) is 48.3 Å². The summed E-state index contributed by atoms with van der Waals surface area (Å²) in [4.78, 5) is 11.9. The summed E-state index contributed by atoms with van der Waals surface area (Å²) in [5.41, 5.74) is 5.35. The minimum atomic E-state index is -4.31. The Labute approximate surface area is 208 Å². The number of rotatable bonds is 7. The van der Waals surface area contributed by atoms with Gasteiger partial charge >= 0.3 is 6.18 Å². The van der Waals surface area contributed by atoms with Gasteiger partial charge in [0.2, 0.25) is 0 Å². The van der Waals surface area contributed by atoms with Gasteiger partial charge in [0.1, 0.15) is 0 Å². The third-order valence-corrected chi connectivity index (χ3v) is 7.44. The van der Waals surface area contributed by atoms with Crippen molar-refractivity contribution in [3.8, 4) is 0 Å². The third-order valence-electron chi connectivity index (χ3n) is 7.44. The standard InChI is InChI=1S/C27H33F4N5/c1-17-4-6-21-22-13-18(2)36(16-27(29,30)31)26(25(22)34-24(21)12-17)23-7-5-19(14-32-23)33-20-8-11-35(15-20)10-3-9-28/h4-7,12,14,18,20,26,33-34H,3,8-11,13,15-16H2,1-2H3/t18-,20?,26-/m1/s1. The number of H-pyrrole nitrogens is 1. The third kappa shape index (κ3) is 5.22. The molecule has 0 radical (unpaired) electrons. The van der Waals surface area contributed by atoms with Gasteiger partial charge in [0, 0.05) is 48.3 Å². The fourth-order valence-electron chi connectivity index (χ4n) is 5.77. The lowest BCUT2D eigenvalue weighted by Gasteiger charge is -2.40. The molecule has 0 aliphatic carbocycles. The van der Waals surface area contributed by atoms with E-state index in [2.05, 4.69) is 26.3 Å². The first kappa shape index (κ1) is 25.0. The Bertz CT molecular complexity index is 1190. The predicted molar refractivity (Wildman–Crippen MR) is 134 cm³/mol. The smallest absolute Gasteiger partial charge is 0.380 e. The molecule has 4 heterocycles. The van der Waals surface area contributed by atoms with Crippen LogP contribution in [0.5, 0.6) is 0 Å². The molecule has 2 aromatic heterocycles. The largest absolute Gasteiger partial charge is 0.401 e. The van der Waals surface area contributed by atoms with Crippen molar-refractivity contribution < 1.29 is 17.6 Å². The molecule has 0 saturated carbocycles. The maximum absolute atomic E-state index is 13.6. The molecule has 0 amide bonds. The van der Waals surface area contributed by atoms with Crippen molar-refractivity contribution in [1.82, 2.24) is 19.8 Å². The lowest BCUT2D eigenvalue weighted by atomic mass is 9.90. The van der Waals surface area contributed by atoms with Crippen LogP contribution in [0, 0.1) is 6.92 Å². The van der Waals surface area contributed by atoms with Crippen molar-refractivity contribution >= 4 is 16.6 Å². The molecule has 0 spiro atoms. The van der Waals surface area contributed by atoms with E-state index in [-0.39, 0.29) is 18.8 Å². The number of benzene rings is 1. The van der Waals surface area contributed by atoms with Gasteiger partial charge in [0.05, 0.1) is 36.8 Å². The maximum atomic E-state index is 13.6. The van der Waals surface area contributed by atoms with Crippen molar-refractivity contribution in [1.29, 1.82) is 0 Å². The number of likely N-dealkylation sites (tertiary alicyclic amines) is 1. The molecule has 1 unspecified atom stereocenters. The maximum Gasteiger partial charge on any atom is 0.401 e. The SMILES string of the molecule is Cc1ccc2c3c([nH]c2c1)[C@@H](c1ccc(NC2CCN(CCCF)C2)cn1)N(CC(F)(F)F)[C@H](C)C3. The summed E-state index contributed by atoms with van der Waals surface area (Å²) >= 11 is 0. The fraction of sp³-hybridized carbons (Fsp3) is 0.519. The van der Waals surface area contributed by atoms with Crippen LogP contribution >= 0.6 is 0 Å². The molecule has 5 rings (SSSR count). The summed E-state index contributed by atoms with van der Waals surface area (Å²) in [6.07, 6.45) is -0.537. The van der Waals surface area contributed by atoms with Crippen LogP contribution in [0.2, 0.25) is 0 Å². The highest BCUT2D eigenvalue weighted by Gasteiger charge is 2.42. The van der Waals surface area contributed by atoms with E-state index in [1.165, 1.54) is 4.90 Å². The Morgan fingerprint density at radius 2 is 2.03 bits per heavy atom. The fourth-order valence-corrected chi connectivity index (χ4v) is 5.77. The lowest BCUT2D eigenvalue weighted by Crippen LogP contribution is -2.47. The van der Waals surface area contributed by atoms with E-state index < -0.39 is 18.8 Å². The number of nitrogens with zero attached hydrogens (tertiary/aromatic N) is 3. The average Bonchev–Trinajstić information content (AvgIpc) is 3.41. The zero-order chi connectivity index (χ0) is 25.4. The second-order valence-electron chi connectivity index (χ2n) is 10.3. The zero-order valence-corrected chi connectivity index (χ0v) is 20.7. The molecule has 1 aromatic carbocycles. The number of aryl methyl sites for hydroxylation is 1. The Kier molecular flexibility index (Phi) is 6.96. The van der Waals surface area contributed by atoms with E-state index >= 15 is 0 Å². The van der Waals surface area contributed by atoms with E-state index in [0.29, 0.717) is 18.5 Å². The molecule has 2 N–H and O–H groups in total. The zero-order valence-electron chi connectivity index (χ0n) is 20.7. The topological polar surface area (TPSA) is 47.2 Å². The lowest BCUT2D eigenvalue weighted by molar-refractivity contribution is -0.155. The summed E-state index contributed by atoms with van der Waals surface area (Å²) in [6, 6.07) is 9.22. The number of hydrogen-bond acceptors (Lipinski definition) is 4. The Morgan fingerprint density at radius 3 is 2.75 bits per heavy atom. The summed E-state index contributed by atoms with van der Waals surface area (Å²) in [5.74, 6) is 0. The number of pyridine rings is 1. The van der Waals surface area contributed by atoms with Gasteiger partial charge in [-0.25, -0.2) is 0 Å². The average molecular weight is 504 g/mol. The van der Waals surface area contributed by atoms with Gasteiger partial charge in [0.25, 0.3) is 0 Å². The number of aromatic nitrogens is 2. The number of fused-ring (bicyclic) bond motifs is 3. The molecule has 2 aliphatic rings. The van der Waals surface area contributed by atoms with Crippen molar-refractivity contribution in [2.75, 3.05) is 38.2 Å². The number of alkyl halides is 4. The highest BCUT2D eigenvalue weighted by atomic mass is 19.4. The van der Waals surface area contributed by atoms with Gasteiger partial charge in [-0.05, 0) is 62.4 Å². The molecule has 2 aliphatic heterocycles. The van der Waals surface area contributed by atoms with Gasteiger partial charge in [-0.2, -0.15) is 13.2 Å². The quantitative estimate of drug-likeness (QED) is 0.411. The van der Waals surface area contributed by atoms with E-state index in [0.717, 1.165) is 59.5 Å². The molecule has 3 atom stereocenters. The molecule has 1 saturated heterocycles. The molecular weight excluding hydrogens is 470 g/mol. The second-order valence-corrected chi connectivity index (χ2v) is 10.3. The highest BCUT2D eigenvalue weighted by Crippen LogP contribution is 2.41. The van der Waals surface area contributed by atoms with E-state index in [1.54, 1.807) is 6.20 Å². The van der Waals surface area contributed by atoms with Gasteiger partial charge in [-0.1, -0.05) is 12.1 Å². The van der Waals surface area contributed by atoms with E-state index in [1.807, 2.05) is 38.1 Å². The summed E-state index contributed by atoms with van der Waals surface area (Å²) in [6.45, 7) is 5.10. The molecule has 3 aromatic rings. The molecule has 5 nitrogen and oxygen atoms in total. The van der Waals surface area contributed by atoms with Crippen LogP contribution in [0.3, 0.4) is 0 Å².